The van der Waals surface area contributed by atoms with Crippen LogP contribution in [0.5, 0.6) is 0 Å². The summed E-state index contributed by atoms with van der Waals surface area (Å²) in [5, 5.41) is 11.2. The zero-order valence-corrected chi connectivity index (χ0v) is 10.6. The van der Waals surface area contributed by atoms with Gasteiger partial charge in [0.25, 0.3) is 0 Å². The molecule has 0 aliphatic heterocycles. The summed E-state index contributed by atoms with van der Waals surface area (Å²) in [6.07, 6.45) is -0.463. The zero-order chi connectivity index (χ0) is 14.6. The van der Waals surface area contributed by atoms with Crippen LogP contribution in [-0.4, -0.2) is 23.0 Å². The van der Waals surface area contributed by atoms with Crippen LogP contribution in [0.2, 0.25) is 0 Å². The smallest absolute Gasteiger partial charge is 0.308 e. The number of aliphatic carboxylic acids is 1. The van der Waals surface area contributed by atoms with Crippen molar-refractivity contribution in [2.45, 2.75) is 26.3 Å². The molecule has 0 bridgehead atoms. The topological polar surface area (TPSA) is 66.4 Å². The Morgan fingerprint density at radius 2 is 1.79 bits per heavy atom. The molecule has 0 aromatic heterocycles. The number of nitrogens with one attached hydrogen (secondary N) is 1. The summed E-state index contributed by atoms with van der Waals surface area (Å²) in [7, 11) is 0. The Hall–Kier alpha value is -1.98. The number of carboxylic acid groups (broad SMARTS) is 1. The van der Waals surface area contributed by atoms with E-state index in [0.717, 1.165) is 12.1 Å². The number of carboxylic acids is 1. The van der Waals surface area contributed by atoms with E-state index < -0.39 is 41.9 Å². The van der Waals surface area contributed by atoms with Crippen LogP contribution in [0.3, 0.4) is 0 Å². The molecule has 104 valence electrons. The molecule has 4 nitrogen and oxygen atoms in total. The average molecular weight is 271 g/mol. The molecule has 0 saturated heterocycles. The molecule has 1 aromatic rings. The summed E-state index contributed by atoms with van der Waals surface area (Å²) < 4.78 is 26.6. The lowest BCUT2D eigenvalue weighted by Gasteiger charge is -2.17. The van der Waals surface area contributed by atoms with Crippen LogP contribution in [0.1, 0.15) is 19.4 Å². The van der Waals surface area contributed by atoms with Crippen LogP contribution in [0.4, 0.5) is 8.78 Å². The molecule has 2 unspecified atom stereocenters. The van der Waals surface area contributed by atoms with Crippen molar-refractivity contribution < 1.29 is 23.5 Å². The van der Waals surface area contributed by atoms with E-state index in [1.165, 1.54) is 19.9 Å². The van der Waals surface area contributed by atoms with Crippen molar-refractivity contribution in [3.05, 3.63) is 35.4 Å². The Morgan fingerprint density at radius 3 is 2.26 bits per heavy atom. The van der Waals surface area contributed by atoms with Crippen molar-refractivity contribution in [1.29, 1.82) is 0 Å². The van der Waals surface area contributed by atoms with Gasteiger partial charge in [-0.1, -0.05) is 6.07 Å². The zero-order valence-electron chi connectivity index (χ0n) is 10.6. The van der Waals surface area contributed by atoms with E-state index in [0.29, 0.717) is 0 Å². The Bertz CT molecular complexity index is 471. The van der Waals surface area contributed by atoms with Gasteiger partial charge in [-0.3, -0.25) is 9.59 Å². The van der Waals surface area contributed by atoms with E-state index >= 15 is 0 Å². The second kappa shape index (κ2) is 6.26. The highest BCUT2D eigenvalue weighted by atomic mass is 19.1. The Morgan fingerprint density at radius 1 is 1.26 bits per heavy atom. The molecular formula is C13H15F2NO3. The van der Waals surface area contributed by atoms with Gasteiger partial charge >= 0.3 is 5.97 Å². The van der Waals surface area contributed by atoms with Gasteiger partial charge in [-0.15, -0.1) is 0 Å². The second-order valence-electron chi connectivity index (χ2n) is 4.36. The van der Waals surface area contributed by atoms with Crippen LogP contribution in [0.25, 0.3) is 0 Å². The Balaban J connectivity index is 2.68. The van der Waals surface area contributed by atoms with E-state index in [-0.39, 0.29) is 5.56 Å². The monoisotopic (exact) mass is 271 g/mol. The van der Waals surface area contributed by atoms with Gasteiger partial charge in [-0.2, -0.15) is 0 Å². The van der Waals surface area contributed by atoms with Crippen molar-refractivity contribution in [3.63, 3.8) is 0 Å². The standard InChI is InChI=1S/C13H15F2NO3/c1-7(13(18)19)8(2)16-12(17)6-9-10(14)4-3-5-11(9)15/h3-5,7-8H,6H2,1-2H3,(H,16,17)(H,18,19). The first-order valence-electron chi connectivity index (χ1n) is 5.78. The van der Waals surface area contributed by atoms with Crippen LogP contribution in [0.15, 0.2) is 18.2 Å². The minimum atomic E-state index is -1.05. The third-order valence-corrected chi connectivity index (χ3v) is 2.93. The first-order chi connectivity index (χ1) is 8.82. The lowest BCUT2D eigenvalue weighted by Crippen LogP contribution is -2.40. The number of hydrogen-bond acceptors (Lipinski definition) is 2. The lowest BCUT2D eigenvalue weighted by atomic mass is 10.0. The fourth-order valence-corrected chi connectivity index (χ4v) is 1.51. The van der Waals surface area contributed by atoms with Gasteiger partial charge in [-0.05, 0) is 26.0 Å². The van der Waals surface area contributed by atoms with Crippen LogP contribution < -0.4 is 5.32 Å². The molecule has 19 heavy (non-hydrogen) atoms. The number of rotatable bonds is 5. The molecule has 0 spiro atoms. The molecule has 0 radical (unpaired) electrons. The average Bonchev–Trinajstić information content (AvgIpc) is 2.32. The molecule has 0 aliphatic rings. The molecule has 1 amide bonds. The lowest BCUT2D eigenvalue weighted by molar-refractivity contribution is -0.142. The maximum Gasteiger partial charge on any atom is 0.308 e. The molecule has 0 saturated carbocycles. The van der Waals surface area contributed by atoms with Crippen LogP contribution in [0, 0.1) is 17.6 Å². The van der Waals surface area contributed by atoms with E-state index in [9.17, 15) is 18.4 Å². The molecule has 0 heterocycles. The second-order valence-corrected chi connectivity index (χ2v) is 4.36. The molecule has 1 aromatic carbocycles. The van der Waals surface area contributed by atoms with Gasteiger partial charge in [0.05, 0.1) is 12.3 Å². The number of carbonyl (C=O) groups excluding carboxylic acids is 1. The van der Waals surface area contributed by atoms with E-state index in [2.05, 4.69) is 5.32 Å². The minimum absolute atomic E-state index is 0.324. The third kappa shape index (κ3) is 4.01. The van der Waals surface area contributed by atoms with Gasteiger partial charge in [0.2, 0.25) is 5.91 Å². The van der Waals surface area contributed by atoms with Crippen LogP contribution in [-0.2, 0) is 16.0 Å². The maximum atomic E-state index is 13.3. The Kier molecular flexibility index (Phi) is 4.97. The predicted molar refractivity (Wildman–Crippen MR) is 64.5 cm³/mol. The van der Waals surface area contributed by atoms with Crippen molar-refractivity contribution in [3.8, 4) is 0 Å². The molecule has 0 aliphatic carbocycles. The summed E-state index contributed by atoms with van der Waals surface area (Å²) in [5.74, 6) is -4.05. The minimum Gasteiger partial charge on any atom is -0.481 e. The molecular weight excluding hydrogens is 256 g/mol. The quantitative estimate of drug-likeness (QED) is 0.857. The summed E-state index contributed by atoms with van der Waals surface area (Å²) in [5.41, 5.74) is -0.324. The van der Waals surface area contributed by atoms with Crippen molar-refractivity contribution in [1.82, 2.24) is 5.32 Å². The normalized spacial score (nSPS) is 13.7. The maximum absolute atomic E-state index is 13.3. The van der Waals surface area contributed by atoms with Crippen molar-refractivity contribution in [2.24, 2.45) is 5.92 Å². The fraction of sp³-hybridized carbons (Fsp3) is 0.385. The van der Waals surface area contributed by atoms with Gasteiger partial charge in [0.1, 0.15) is 11.6 Å². The van der Waals surface area contributed by atoms with Gasteiger partial charge < -0.3 is 10.4 Å². The van der Waals surface area contributed by atoms with Gasteiger partial charge in [0, 0.05) is 11.6 Å². The number of halogens is 2. The predicted octanol–water partition coefficient (Wildman–Crippen LogP) is 1.73. The summed E-state index contributed by atoms with van der Waals surface area (Å²) >= 11 is 0. The highest BCUT2D eigenvalue weighted by molar-refractivity contribution is 5.80. The molecule has 0 fully saturated rings. The van der Waals surface area contributed by atoms with Crippen LogP contribution >= 0.6 is 0 Å². The molecule has 6 heteroatoms. The molecule has 1 rings (SSSR count). The molecule has 2 atom stereocenters. The number of benzene rings is 1. The summed E-state index contributed by atoms with van der Waals surface area (Å²) in [6.45, 7) is 2.96. The molecule has 2 N–H and O–H groups in total. The first kappa shape index (κ1) is 15.1. The summed E-state index contributed by atoms with van der Waals surface area (Å²) in [4.78, 5) is 22.3. The largest absolute Gasteiger partial charge is 0.481 e. The van der Waals surface area contributed by atoms with Gasteiger partial charge in [0.15, 0.2) is 0 Å². The number of hydrogen-bond donors (Lipinski definition) is 2. The first-order valence-corrected chi connectivity index (χ1v) is 5.78. The van der Waals surface area contributed by atoms with Crippen molar-refractivity contribution in [2.75, 3.05) is 0 Å². The van der Waals surface area contributed by atoms with Crippen molar-refractivity contribution >= 4 is 11.9 Å². The van der Waals surface area contributed by atoms with E-state index in [1.807, 2.05) is 0 Å². The number of amides is 1. The number of carbonyl (C=O) groups is 2. The van der Waals surface area contributed by atoms with E-state index in [4.69, 9.17) is 5.11 Å². The van der Waals surface area contributed by atoms with Gasteiger partial charge in [-0.25, -0.2) is 8.78 Å². The summed E-state index contributed by atoms with van der Waals surface area (Å²) in [6, 6.07) is 2.71. The fourth-order valence-electron chi connectivity index (χ4n) is 1.51. The third-order valence-electron chi connectivity index (χ3n) is 2.93. The SMILES string of the molecule is CC(NC(=O)Cc1c(F)cccc1F)C(C)C(=O)O. The highest BCUT2D eigenvalue weighted by Crippen LogP contribution is 2.13. The van der Waals surface area contributed by atoms with E-state index in [1.54, 1.807) is 0 Å². The highest BCUT2D eigenvalue weighted by Gasteiger charge is 2.22. The Labute approximate surface area is 109 Å².